The molecule has 0 aliphatic heterocycles. The number of benzene rings is 1. The smallest absolute Gasteiger partial charge is 0.475 e. The van der Waals surface area contributed by atoms with E-state index in [9.17, 15) is 23.2 Å². The van der Waals surface area contributed by atoms with Crippen LogP contribution in [0, 0.1) is 11.3 Å². The number of hydrogen-bond donors (Lipinski definition) is 3. The van der Waals surface area contributed by atoms with E-state index in [0.29, 0.717) is 5.75 Å². The molecule has 0 fully saturated rings. The van der Waals surface area contributed by atoms with Gasteiger partial charge in [-0.2, -0.15) is 23.5 Å². The lowest BCUT2D eigenvalue weighted by molar-refractivity contribution is -0.192. The molecule has 11 nitrogen and oxygen atoms in total. The fourth-order valence-electron chi connectivity index (χ4n) is 3.83. The summed E-state index contributed by atoms with van der Waals surface area (Å²) in [5, 5.41) is 22.1. The fraction of sp³-hybridized carbons (Fsp3) is 0.250. The third-order valence-corrected chi connectivity index (χ3v) is 5.32. The zero-order chi connectivity index (χ0) is 28.0. The van der Waals surface area contributed by atoms with Gasteiger partial charge in [0.1, 0.15) is 17.7 Å². The van der Waals surface area contributed by atoms with Gasteiger partial charge in [-0.1, -0.05) is 26.0 Å². The average molecular weight is 529 g/mol. The number of alkyl halides is 3. The summed E-state index contributed by atoms with van der Waals surface area (Å²) in [5.41, 5.74) is 9.21. The molecule has 3 heterocycles. The van der Waals surface area contributed by atoms with Crippen molar-refractivity contribution in [1.29, 1.82) is 5.26 Å². The molecule has 1 atom stereocenters. The molecular weight excluding hydrogens is 507 g/mol. The van der Waals surface area contributed by atoms with Crippen LogP contribution in [0.5, 0.6) is 5.75 Å². The largest absolute Gasteiger partial charge is 0.490 e. The first kappa shape index (κ1) is 27.7. The van der Waals surface area contributed by atoms with Crippen molar-refractivity contribution in [3.63, 3.8) is 0 Å². The van der Waals surface area contributed by atoms with Crippen LogP contribution >= 0.6 is 0 Å². The molecule has 0 spiro atoms. The van der Waals surface area contributed by atoms with Crippen molar-refractivity contribution in [3.8, 4) is 23.1 Å². The number of nitrogens with two attached hydrogens (primary N) is 1. The number of carboxylic acids is 1. The fourth-order valence-corrected chi connectivity index (χ4v) is 3.83. The van der Waals surface area contributed by atoms with Gasteiger partial charge in [0.05, 0.1) is 30.4 Å². The van der Waals surface area contributed by atoms with Gasteiger partial charge in [0.25, 0.3) is 0 Å². The van der Waals surface area contributed by atoms with Gasteiger partial charge < -0.3 is 20.6 Å². The monoisotopic (exact) mass is 529 g/mol. The minimum absolute atomic E-state index is 0.0307. The van der Waals surface area contributed by atoms with Crippen LogP contribution in [0.1, 0.15) is 43.4 Å². The van der Waals surface area contributed by atoms with E-state index >= 15 is 0 Å². The van der Waals surface area contributed by atoms with Crippen LogP contribution in [0.2, 0.25) is 0 Å². The Kier molecular flexibility index (Phi) is 8.31. The molecule has 14 heteroatoms. The number of carbonyl (C=O) groups is 2. The summed E-state index contributed by atoms with van der Waals surface area (Å²) in [6.07, 6.45) is 1.12. The zero-order valence-corrected chi connectivity index (χ0v) is 20.1. The number of rotatable bonds is 6. The Morgan fingerprint density at radius 1 is 1.26 bits per heavy atom. The van der Waals surface area contributed by atoms with Gasteiger partial charge >= 0.3 is 18.2 Å². The lowest BCUT2D eigenvalue weighted by Crippen LogP contribution is -2.21. The van der Waals surface area contributed by atoms with Crippen molar-refractivity contribution in [3.05, 3.63) is 60.3 Å². The second-order valence-corrected chi connectivity index (χ2v) is 8.19. The molecule has 4 aromatic rings. The Labute approximate surface area is 213 Å². The van der Waals surface area contributed by atoms with Crippen LogP contribution in [0.4, 0.5) is 18.0 Å². The Bertz CT molecular complexity index is 1490. The summed E-state index contributed by atoms with van der Waals surface area (Å²) in [5.74, 6) is -2.34. The third-order valence-electron chi connectivity index (χ3n) is 5.32. The number of ether oxygens (including phenoxy) is 1. The van der Waals surface area contributed by atoms with E-state index in [-0.39, 0.29) is 18.4 Å². The maximum atomic E-state index is 11.4. The number of aliphatic carboxylic acids is 1. The number of aromatic amines is 1. The normalized spacial score (nSPS) is 11.9. The molecule has 0 radical (unpaired) electrons. The third kappa shape index (κ3) is 6.25. The number of carbonyl (C=O) groups excluding carboxylic acids is 1. The first-order valence-corrected chi connectivity index (χ1v) is 11.0. The summed E-state index contributed by atoms with van der Waals surface area (Å²) >= 11 is 0. The molecule has 3 aromatic heterocycles. The van der Waals surface area contributed by atoms with Gasteiger partial charge in [-0.05, 0) is 23.6 Å². The maximum absolute atomic E-state index is 11.4. The number of nitriles is 1. The predicted molar refractivity (Wildman–Crippen MR) is 128 cm³/mol. The van der Waals surface area contributed by atoms with Crippen molar-refractivity contribution in [2.75, 3.05) is 0 Å². The Hall–Kier alpha value is -4.93. The summed E-state index contributed by atoms with van der Waals surface area (Å²) < 4.78 is 38.7. The number of nitrogens with one attached hydrogen (secondary N) is 1. The van der Waals surface area contributed by atoms with Crippen molar-refractivity contribution < 1.29 is 32.6 Å². The number of primary amides is 1. The van der Waals surface area contributed by atoms with Gasteiger partial charge in [-0.3, -0.25) is 4.68 Å². The average Bonchev–Trinajstić information content (AvgIpc) is 3.51. The van der Waals surface area contributed by atoms with Gasteiger partial charge in [-0.25, -0.2) is 19.6 Å². The highest BCUT2D eigenvalue weighted by molar-refractivity contribution is 5.90. The van der Waals surface area contributed by atoms with Crippen LogP contribution in [-0.2, 0) is 4.79 Å². The molecule has 4 N–H and O–H groups in total. The molecule has 1 amide bonds. The highest BCUT2D eigenvalue weighted by Crippen LogP contribution is 2.36. The van der Waals surface area contributed by atoms with E-state index in [2.05, 4.69) is 26.1 Å². The van der Waals surface area contributed by atoms with Gasteiger partial charge in [-0.15, -0.1) is 0 Å². The number of H-pyrrole nitrogens is 1. The number of hydrogen-bond acceptors (Lipinski definition) is 7. The Morgan fingerprint density at radius 3 is 2.58 bits per heavy atom. The topological polar surface area (TPSA) is 173 Å². The van der Waals surface area contributed by atoms with E-state index in [0.717, 1.165) is 33.4 Å². The van der Waals surface area contributed by atoms with Crippen LogP contribution < -0.4 is 10.5 Å². The molecule has 0 saturated heterocycles. The number of amides is 1. The van der Waals surface area contributed by atoms with E-state index < -0.39 is 18.2 Å². The lowest BCUT2D eigenvalue weighted by atomic mass is 9.90. The quantitative estimate of drug-likeness (QED) is 0.326. The van der Waals surface area contributed by atoms with Gasteiger partial charge in [0.2, 0.25) is 0 Å². The Balaban J connectivity index is 0.000000505. The van der Waals surface area contributed by atoms with Crippen molar-refractivity contribution in [1.82, 2.24) is 24.7 Å². The van der Waals surface area contributed by atoms with Crippen LogP contribution in [0.15, 0.2) is 49.2 Å². The highest BCUT2D eigenvalue weighted by atomic mass is 19.4. The minimum Gasteiger partial charge on any atom is -0.475 e. The summed E-state index contributed by atoms with van der Waals surface area (Å²) in [6, 6.07) is 9.17. The molecular formula is C24H22F3N7O4. The molecule has 0 saturated carbocycles. The van der Waals surface area contributed by atoms with E-state index in [4.69, 9.17) is 20.4 Å². The first-order chi connectivity index (χ1) is 17.9. The second kappa shape index (κ2) is 11.4. The van der Waals surface area contributed by atoms with Crippen molar-refractivity contribution >= 4 is 23.1 Å². The number of carboxylic acid groups (broad SMARTS) is 1. The molecule has 4 rings (SSSR count). The van der Waals surface area contributed by atoms with Crippen LogP contribution in [-0.4, -0.2) is 48.1 Å². The number of fused-ring (bicyclic) bond motifs is 1. The van der Waals surface area contributed by atoms with E-state index in [1.54, 1.807) is 23.0 Å². The molecule has 198 valence electrons. The standard InChI is InChI=1S/C22H21N7O2.C2HF3O2/c1-13(2)19-15(4-3-5-18(19)31-22(24)30)17(6-8-23)29-11-14(10-28-29)20-16-7-9-25-21(16)27-12-26-20;3-2(4,5)1(6)7/h3-5,7,9-13,17H,6H2,1-2H3,(H2,24,30)(H,25,26,27);(H,6,7). The minimum atomic E-state index is -5.08. The van der Waals surface area contributed by atoms with Crippen molar-refractivity contribution in [2.24, 2.45) is 5.73 Å². The SMILES string of the molecule is CC(C)c1c(OC(N)=O)cccc1C(CC#N)n1cc(-c2ncnc3[nH]ccc23)cn1.O=C(O)C(F)(F)F. The molecule has 1 unspecified atom stereocenters. The highest BCUT2D eigenvalue weighted by Gasteiger charge is 2.38. The molecule has 1 aromatic carbocycles. The number of nitrogens with zero attached hydrogens (tertiary/aromatic N) is 5. The summed E-state index contributed by atoms with van der Waals surface area (Å²) in [4.78, 5) is 32.0. The summed E-state index contributed by atoms with van der Waals surface area (Å²) in [6.45, 7) is 3.99. The zero-order valence-electron chi connectivity index (χ0n) is 20.1. The van der Waals surface area contributed by atoms with Crippen LogP contribution in [0.25, 0.3) is 22.3 Å². The molecule has 0 bridgehead atoms. The van der Waals surface area contributed by atoms with Crippen LogP contribution in [0.3, 0.4) is 0 Å². The first-order valence-electron chi connectivity index (χ1n) is 11.0. The number of halogens is 3. The predicted octanol–water partition coefficient (Wildman–Crippen LogP) is 4.54. The van der Waals surface area contributed by atoms with Gasteiger partial charge in [0, 0.05) is 28.9 Å². The molecule has 38 heavy (non-hydrogen) atoms. The van der Waals surface area contributed by atoms with Crippen molar-refractivity contribution in [2.45, 2.75) is 38.4 Å². The molecule has 0 aliphatic rings. The number of aromatic nitrogens is 5. The van der Waals surface area contributed by atoms with E-state index in [1.807, 2.05) is 38.4 Å². The maximum Gasteiger partial charge on any atom is 0.490 e. The summed E-state index contributed by atoms with van der Waals surface area (Å²) in [7, 11) is 0. The van der Waals surface area contributed by atoms with Gasteiger partial charge in [0.15, 0.2) is 0 Å². The van der Waals surface area contributed by atoms with E-state index in [1.165, 1.54) is 6.33 Å². The lowest BCUT2D eigenvalue weighted by Gasteiger charge is -2.22. The Morgan fingerprint density at radius 2 is 1.97 bits per heavy atom. The molecule has 0 aliphatic carbocycles. The second-order valence-electron chi connectivity index (χ2n) is 8.19.